The van der Waals surface area contributed by atoms with Crippen LogP contribution in [0.1, 0.15) is 41.5 Å². The molecule has 0 rings (SSSR count). The fourth-order valence-electron chi connectivity index (χ4n) is 1.74. The Labute approximate surface area is 108 Å². The molecule has 0 aromatic carbocycles. The smallest absolute Gasteiger partial charge is 0.0596 e. The van der Waals surface area contributed by atoms with Crippen LogP contribution in [0.5, 0.6) is 0 Å². The number of hydrogen-bond acceptors (Lipinski definition) is 3. The quantitative estimate of drug-likeness (QED) is 0.709. The first-order chi connectivity index (χ1) is 7.77. The summed E-state index contributed by atoms with van der Waals surface area (Å²) in [5.41, 5.74) is 0.295. The molecule has 0 aliphatic rings. The summed E-state index contributed by atoms with van der Waals surface area (Å²) in [6.45, 7) is 17.1. The Morgan fingerprint density at radius 3 is 2.24 bits per heavy atom. The Morgan fingerprint density at radius 2 is 1.82 bits per heavy atom. The molecule has 0 radical (unpaired) electrons. The van der Waals surface area contributed by atoms with E-state index in [0.717, 1.165) is 26.2 Å². The highest BCUT2D eigenvalue weighted by molar-refractivity contribution is 4.82. The number of nitrogens with one attached hydrogen (secondary N) is 1. The van der Waals surface area contributed by atoms with E-state index in [9.17, 15) is 0 Å². The van der Waals surface area contributed by atoms with E-state index in [1.165, 1.54) is 0 Å². The van der Waals surface area contributed by atoms with Gasteiger partial charge in [0.15, 0.2) is 0 Å². The number of ether oxygens (including phenoxy) is 1. The maximum Gasteiger partial charge on any atom is 0.0596 e. The zero-order valence-corrected chi connectivity index (χ0v) is 12.8. The summed E-state index contributed by atoms with van der Waals surface area (Å²) >= 11 is 0. The summed E-state index contributed by atoms with van der Waals surface area (Å²) in [5.74, 6) is 0. The highest BCUT2D eigenvalue weighted by Crippen LogP contribution is 2.19. The molecular formula is C14H32N2O. The second-order valence-electron chi connectivity index (χ2n) is 6.16. The minimum absolute atomic E-state index is 0.295. The summed E-state index contributed by atoms with van der Waals surface area (Å²) in [4.78, 5) is 2.35. The summed E-state index contributed by atoms with van der Waals surface area (Å²) in [6.07, 6.45) is 0.329. The highest BCUT2D eigenvalue weighted by atomic mass is 16.5. The third-order valence-corrected chi connectivity index (χ3v) is 2.91. The Kier molecular flexibility index (Phi) is 8.01. The van der Waals surface area contributed by atoms with Crippen molar-refractivity contribution in [1.29, 1.82) is 0 Å². The van der Waals surface area contributed by atoms with Crippen molar-refractivity contribution in [1.82, 2.24) is 10.2 Å². The minimum atomic E-state index is 0.295. The van der Waals surface area contributed by atoms with Gasteiger partial charge in [0.05, 0.1) is 12.7 Å². The van der Waals surface area contributed by atoms with Gasteiger partial charge >= 0.3 is 0 Å². The lowest BCUT2D eigenvalue weighted by Gasteiger charge is -2.34. The van der Waals surface area contributed by atoms with E-state index in [2.05, 4.69) is 58.8 Å². The average molecular weight is 244 g/mol. The van der Waals surface area contributed by atoms with Gasteiger partial charge in [-0.3, -0.25) is 0 Å². The molecule has 17 heavy (non-hydrogen) atoms. The zero-order valence-electron chi connectivity index (χ0n) is 12.8. The molecule has 0 saturated carbocycles. The number of likely N-dealkylation sites (N-methyl/N-ethyl adjacent to an activating group) is 2. The van der Waals surface area contributed by atoms with Crippen LogP contribution in [0.2, 0.25) is 0 Å². The maximum atomic E-state index is 5.58. The van der Waals surface area contributed by atoms with Crippen molar-refractivity contribution < 1.29 is 4.74 Å². The molecule has 104 valence electrons. The van der Waals surface area contributed by atoms with E-state index < -0.39 is 0 Å². The van der Waals surface area contributed by atoms with Crippen LogP contribution in [0, 0.1) is 5.41 Å². The molecule has 1 N–H and O–H groups in total. The van der Waals surface area contributed by atoms with Gasteiger partial charge < -0.3 is 15.0 Å². The third-order valence-electron chi connectivity index (χ3n) is 2.91. The molecule has 0 aromatic rings. The van der Waals surface area contributed by atoms with Gasteiger partial charge in [-0.2, -0.15) is 0 Å². The normalized spacial score (nSPS) is 14.6. The predicted octanol–water partition coefficient (Wildman–Crippen LogP) is 2.37. The lowest BCUT2D eigenvalue weighted by Crippen LogP contribution is -2.48. The van der Waals surface area contributed by atoms with Crippen molar-refractivity contribution in [2.75, 3.05) is 33.3 Å². The predicted molar refractivity (Wildman–Crippen MR) is 75.5 cm³/mol. The minimum Gasteiger partial charge on any atom is -0.377 e. The van der Waals surface area contributed by atoms with Gasteiger partial charge in [-0.1, -0.05) is 27.7 Å². The fourth-order valence-corrected chi connectivity index (χ4v) is 1.74. The molecule has 0 heterocycles. The van der Waals surface area contributed by atoms with Crippen molar-refractivity contribution in [3.05, 3.63) is 0 Å². The first-order valence-electron chi connectivity index (χ1n) is 6.81. The van der Waals surface area contributed by atoms with Crippen LogP contribution in [0.4, 0.5) is 0 Å². The van der Waals surface area contributed by atoms with Crippen LogP contribution in [0.25, 0.3) is 0 Å². The number of rotatable bonds is 8. The lowest BCUT2D eigenvalue weighted by molar-refractivity contribution is 0.0590. The summed E-state index contributed by atoms with van der Waals surface area (Å²) in [6, 6.07) is 0.525. The molecule has 0 saturated heterocycles. The van der Waals surface area contributed by atoms with Crippen LogP contribution < -0.4 is 5.32 Å². The van der Waals surface area contributed by atoms with E-state index in [-0.39, 0.29) is 0 Å². The van der Waals surface area contributed by atoms with Crippen molar-refractivity contribution in [2.24, 2.45) is 5.41 Å². The molecule has 0 bridgehead atoms. The Balaban J connectivity index is 4.00. The molecule has 3 nitrogen and oxygen atoms in total. The molecule has 0 aromatic heterocycles. The second-order valence-corrected chi connectivity index (χ2v) is 6.16. The van der Waals surface area contributed by atoms with Crippen LogP contribution in [-0.2, 0) is 4.74 Å². The molecule has 0 fully saturated rings. The van der Waals surface area contributed by atoms with Gasteiger partial charge in [0.1, 0.15) is 0 Å². The molecule has 3 heteroatoms. The van der Waals surface area contributed by atoms with Gasteiger partial charge in [-0.25, -0.2) is 0 Å². The van der Waals surface area contributed by atoms with Gasteiger partial charge in [-0.05, 0) is 32.9 Å². The largest absolute Gasteiger partial charge is 0.377 e. The molecule has 0 spiro atoms. The summed E-state index contributed by atoms with van der Waals surface area (Å²) in [5, 5.41) is 3.57. The third kappa shape index (κ3) is 8.58. The fraction of sp³-hybridized carbons (Fsp3) is 1.00. The first kappa shape index (κ1) is 16.9. The van der Waals surface area contributed by atoms with E-state index >= 15 is 0 Å². The zero-order chi connectivity index (χ0) is 13.5. The topological polar surface area (TPSA) is 24.5 Å². The van der Waals surface area contributed by atoms with E-state index in [1.54, 1.807) is 0 Å². The molecular weight excluding hydrogens is 212 g/mol. The molecule has 1 unspecified atom stereocenters. The monoisotopic (exact) mass is 244 g/mol. The van der Waals surface area contributed by atoms with Crippen LogP contribution >= 0.6 is 0 Å². The Hall–Kier alpha value is -0.120. The highest BCUT2D eigenvalue weighted by Gasteiger charge is 2.24. The standard InChI is InChI=1S/C14H32N2O/c1-8-15-13(14(4,5)6)11-16(7)9-10-17-12(2)3/h12-13,15H,8-11H2,1-7H3. The van der Waals surface area contributed by atoms with Gasteiger partial charge in [0.2, 0.25) is 0 Å². The van der Waals surface area contributed by atoms with E-state index in [1.807, 2.05) is 0 Å². The second kappa shape index (κ2) is 8.06. The first-order valence-corrected chi connectivity index (χ1v) is 6.81. The molecule has 0 amide bonds. The average Bonchev–Trinajstić information content (AvgIpc) is 2.15. The van der Waals surface area contributed by atoms with E-state index in [4.69, 9.17) is 4.74 Å². The van der Waals surface area contributed by atoms with Gasteiger partial charge in [0, 0.05) is 19.1 Å². The van der Waals surface area contributed by atoms with E-state index in [0.29, 0.717) is 17.6 Å². The summed E-state index contributed by atoms with van der Waals surface area (Å²) in [7, 11) is 2.17. The number of nitrogens with zero attached hydrogens (tertiary/aromatic N) is 1. The molecule has 0 aliphatic carbocycles. The van der Waals surface area contributed by atoms with Crippen molar-refractivity contribution in [2.45, 2.75) is 53.7 Å². The number of hydrogen-bond donors (Lipinski definition) is 1. The van der Waals surface area contributed by atoms with Crippen molar-refractivity contribution in [3.8, 4) is 0 Å². The Bertz CT molecular complexity index is 187. The SMILES string of the molecule is CCNC(CN(C)CCOC(C)C)C(C)(C)C. The Morgan fingerprint density at radius 1 is 1.24 bits per heavy atom. The van der Waals surface area contributed by atoms with Gasteiger partial charge in [0.25, 0.3) is 0 Å². The maximum absolute atomic E-state index is 5.58. The van der Waals surface area contributed by atoms with Gasteiger partial charge in [-0.15, -0.1) is 0 Å². The molecule has 0 aliphatic heterocycles. The lowest BCUT2D eigenvalue weighted by atomic mass is 9.86. The summed E-state index contributed by atoms with van der Waals surface area (Å²) < 4.78 is 5.58. The van der Waals surface area contributed by atoms with Crippen molar-refractivity contribution >= 4 is 0 Å². The van der Waals surface area contributed by atoms with Crippen molar-refractivity contribution in [3.63, 3.8) is 0 Å². The van der Waals surface area contributed by atoms with Crippen LogP contribution in [-0.4, -0.2) is 50.3 Å². The van der Waals surface area contributed by atoms with Crippen LogP contribution in [0.3, 0.4) is 0 Å². The van der Waals surface area contributed by atoms with Crippen LogP contribution in [0.15, 0.2) is 0 Å². The molecule has 1 atom stereocenters.